The number of carbonyl (C=O) groups is 1. The molecule has 2 nitrogen and oxygen atoms in total. The van der Waals surface area contributed by atoms with Crippen LogP contribution < -0.4 is 5.32 Å². The van der Waals surface area contributed by atoms with E-state index >= 15 is 0 Å². The Morgan fingerprint density at radius 3 is 2.22 bits per heavy atom. The topological polar surface area (TPSA) is 29.1 Å². The van der Waals surface area contributed by atoms with E-state index in [9.17, 15) is 4.79 Å². The third-order valence-corrected chi connectivity index (χ3v) is 10.9. The van der Waals surface area contributed by atoms with Crippen LogP contribution >= 0.6 is 7.26 Å². The third-order valence-electron chi connectivity index (χ3n) is 5.66. The van der Waals surface area contributed by atoms with Gasteiger partial charge in [-0.1, -0.05) is 0 Å². The number of nitrogens with one attached hydrogen (secondary N) is 1. The van der Waals surface area contributed by atoms with E-state index in [0.717, 1.165) is 18.5 Å². The van der Waals surface area contributed by atoms with E-state index in [1.807, 2.05) is 0 Å². The fraction of sp³-hybridized carbons (Fsp3) is 0.650. The van der Waals surface area contributed by atoms with Crippen LogP contribution in [0.2, 0.25) is 0 Å². The predicted molar refractivity (Wildman–Crippen MR) is 106 cm³/mol. The summed E-state index contributed by atoms with van der Waals surface area (Å²) in [5, 5.41) is 3.31. The van der Waals surface area contributed by atoms with Crippen LogP contribution in [0.5, 0.6) is 0 Å². The van der Waals surface area contributed by atoms with Crippen LogP contribution in [-0.4, -0.2) is 30.6 Å². The number of amides is 1. The van der Waals surface area contributed by atoms with Gasteiger partial charge in [-0.15, -0.1) is 0 Å². The van der Waals surface area contributed by atoms with Crippen molar-refractivity contribution in [2.24, 2.45) is 0 Å². The zero-order valence-corrected chi connectivity index (χ0v) is 16.6. The molecule has 1 fully saturated rings. The van der Waals surface area contributed by atoms with Gasteiger partial charge >= 0.3 is 142 Å². The Morgan fingerprint density at radius 1 is 1.13 bits per heavy atom. The molecule has 0 bridgehead atoms. The molecule has 1 saturated heterocycles. The molecule has 1 amide bonds. The van der Waals surface area contributed by atoms with Crippen LogP contribution in [0.1, 0.15) is 55.7 Å². The number of hydrogen-bond acceptors (Lipinski definition) is 1. The van der Waals surface area contributed by atoms with Gasteiger partial charge in [-0.3, -0.25) is 0 Å². The maximum atomic E-state index is 13.1. The molecular weight excluding hydrogens is 301 g/mol. The Balaban J connectivity index is 2.22. The van der Waals surface area contributed by atoms with Gasteiger partial charge in [0.05, 0.1) is 0 Å². The summed E-state index contributed by atoms with van der Waals surface area (Å²) in [6.45, 7) is 11.0. The summed E-state index contributed by atoms with van der Waals surface area (Å²) < 4.78 is 0. The second-order valence-electron chi connectivity index (χ2n) is 7.82. The molecular formula is C20H34NOP. The van der Waals surface area contributed by atoms with Gasteiger partial charge in [0.1, 0.15) is 0 Å². The summed E-state index contributed by atoms with van der Waals surface area (Å²) in [5.41, 5.74) is 4.93. The molecule has 2 rings (SSSR count). The van der Waals surface area contributed by atoms with Crippen molar-refractivity contribution in [3.63, 3.8) is 0 Å². The van der Waals surface area contributed by atoms with Crippen molar-refractivity contribution >= 4 is 18.9 Å². The van der Waals surface area contributed by atoms with E-state index in [1.165, 1.54) is 48.3 Å². The van der Waals surface area contributed by atoms with Crippen LogP contribution in [0.3, 0.4) is 0 Å². The van der Waals surface area contributed by atoms with Gasteiger partial charge in [-0.05, 0) is 0 Å². The van der Waals surface area contributed by atoms with Gasteiger partial charge in [0.15, 0.2) is 0 Å². The van der Waals surface area contributed by atoms with Crippen molar-refractivity contribution in [1.29, 1.82) is 0 Å². The van der Waals surface area contributed by atoms with Gasteiger partial charge in [-0.2, -0.15) is 0 Å². The quantitative estimate of drug-likeness (QED) is 0.729. The second-order valence-corrected chi connectivity index (χ2v) is 12.8. The van der Waals surface area contributed by atoms with Crippen molar-refractivity contribution in [3.8, 4) is 0 Å². The number of carbonyl (C=O) groups excluding carboxylic acids is 1. The van der Waals surface area contributed by atoms with Crippen LogP contribution in [0, 0.1) is 20.8 Å². The van der Waals surface area contributed by atoms with Crippen molar-refractivity contribution in [1.82, 2.24) is 0 Å². The summed E-state index contributed by atoms with van der Waals surface area (Å²) in [6, 6.07) is 4.33. The summed E-state index contributed by atoms with van der Waals surface area (Å²) >= 11 is 0. The van der Waals surface area contributed by atoms with E-state index in [0.29, 0.717) is 0 Å². The van der Waals surface area contributed by atoms with Crippen LogP contribution in [0.25, 0.3) is 0 Å². The number of rotatable bonds is 5. The van der Waals surface area contributed by atoms with E-state index in [1.54, 1.807) is 0 Å². The molecule has 1 atom stereocenters. The Hall–Kier alpha value is -0.880. The molecule has 1 heterocycles. The summed E-state index contributed by atoms with van der Waals surface area (Å²) in [5.74, 6) is 0.290. The minimum atomic E-state index is -1.46. The normalized spacial score (nSPS) is 19.9. The first-order valence-corrected chi connectivity index (χ1v) is 12.3. The van der Waals surface area contributed by atoms with E-state index < -0.39 is 7.26 Å². The first kappa shape index (κ1) is 18.5. The standard InChI is InChI=1S/C20H34NOP/c1-6-10-18(23(5)11-8-7-9-12-23)20(22)21-19-16(3)13-15(2)14-17(19)4/h13-14,18,23H,6-12H2,1-5H3,(H,21,22). The monoisotopic (exact) mass is 335 g/mol. The molecule has 1 aliphatic heterocycles. The SMILES string of the molecule is CCCC(C(=O)Nc1c(C)cc(C)cc1C)[PH]1(C)CCCCC1. The molecule has 1 aliphatic rings. The average Bonchev–Trinajstić information content (AvgIpc) is 2.48. The first-order valence-electron chi connectivity index (χ1n) is 9.26. The van der Waals surface area contributed by atoms with E-state index in [4.69, 9.17) is 0 Å². The molecule has 3 heteroatoms. The Bertz CT molecular complexity index is 538. The summed E-state index contributed by atoms with van der Waals surface area (Å²) in [7, 11) is -1.46. The molecule has 0 aliphatic carbocycles. The van der Waals surface area contributed by atoms with Crippen molar-refractivity contribution in [2.45, 2.75) is 65.5 Å². The van der Waals surface area contributed by atoms with Gasteiger partial charge in [0.2, 0.25) is 0 Å². The van der Waals surface area contributed by atoms with Gasteiger partial charge in [-0.25, -0.2) is 0 Å². The second kappa shape index (κ2) is 7.79. The minimum absolute atomic E-state index is 0.271. The zero-order valence-electron chi connectivity index (χ0n) is 15.6. The fourth-order valence-corrected chi connectivity index (χ4v) is 9.13. The Kier molecular flexibility index (Phi) is 6.26. The van der Waals surface area contributed by atoms with Crippen LogP contribution in [0.4, 0.5) is 5.69 Å². The van der Waals surface area contributed by atoms with Gasteiger partial charge < -0.3 is 0 Å². The molecule has 1 unspecified atom stereocenters. The first-order chi connectivity index (χ1) is 10.9. The zero-order chi connectivity index (χ0) is 17.0. The van der Waals surface area contributed by atoms with Crippen LogP contribution in [-0.2, 0) is 4.79 Å². The molecule has 1 aromatic rings. The number of aryl methyl sites for hydroxylation is 3. The van der Waals surface area contributed by atoms with Crippen LogP contribution in [0.15, 0.2) is 12.1 Å². The van der Waals surface area contributed by atoms with E-state index in [2.05, 4.69) is 51.8 Å². The van der Waals surface area contributed by atoms with Crippen molar-refractivity contribution < 1.29 is 4.79 Å². The maximum absolute atomic E-state index is 13.1. The average molecular weight is 335 g/mol. The molecule has 1 aromatic carbocycles. The molecule has 23 heavy (non-hydrogen) atoms. The van der Waals surface area contributed by atoms with Gasteiger partial charge in [0.25, 0.3) is 0 Å². The van der Waals surface area contributed by atoms with Gasteiger partial charge in [0, 0.05) is 0 Å². The molecule has 130 valence electrons. The van der Waals surface area contributed by atoms with E-state index in [-0.39, 0.29) is 11.6 Å². The molecule has 0 spiro atoms. The molecule has 0 aromatic heterocycles. The molecule has 1 N–H and O–H groups in total. The third kappa shape index (κ3) is 4.35. The Labute approximate surface area is 142 Å². The van der Waals surface area contributed by atoms with Crippen molar-refractivity contribution in [2.75, 3.05) is 24.3 Å². The number of anilines is 1. The number of benzene rings is 1. The predicted octanol–water partition coefficient (Wildman–Crippen LogP) is 5.28. The summed E-state index contributed by atoms with van der Waals surface area (Å²) in [6.07, 6.45) is 8.84. The number of hydrogen-bond donors (Lipinski definition) is 1. The summed E-state index contributed by atoms with van der Waals surface area (Å²) in [4.78, 5) is 13.1. The molecule has 0 saturated carbocycles. The fourth-order valence-electron chi connectivity index (χ4n) is 4.38. The Morgan fingerprint density at radius 2 is 1.70 bits per heavy atom. The molecule has 0 radical (unpaired) electrons. The van der Waals surface area contributed by atoms with Crippen molar-refractivity contribution in [3.05, 3.63) is 28.8 Å².